The first-order valence-corrected chi connectivity index (χ1v) is 6.51. The maximum absolute atomic E-state index is 13.4. The number of nitrogens with one attached hydrogen (secondary N) is 1. The molecule has 1 saturated heterocycles. The minimum atomic E-state index is -1.04. The molecular weight excluding hydrogens is 257 g/mol. The van der Waals surface area contributed by atoms with E-state index < -0.39 is 17.3 Å². The second-order valence-corrected chi connectivity index (χ2v) is 5.25. The first-order chi connectivity index (χ1) is 8.58. The first-order valence-electron chi connectivity index (χ1n) is 5.46. The van der Waals surface area contributed by atoms with Gasteiger partial charge in [-0.3, -0.25) is 4.79 Å². The van der Waals surface area contributed by atoms with Crippen LogP contribution >= 0.6 is 11.8 Å². The molecule has 1 heterocycles. The number of benzene rings is 1. The lowest BCUT2D eigenvalue weighted by Crippen LogP contribution is -2.51. The number of halogens is 1. The molecule has 0 bridgehead atoms. The van der Waals surface area contributed by atoms with Gasteiger partial charge in [0, 0.05) is 5.75 Å². The van der Waals surface area contributed by atoms with Crippen LogP contribution in [-0.4, -0.2) is 34.0 Å². The van der Waals surface area contributed by atoms with E-state index in [1.165, 1.54) is 17.8 Å². The molecule has 6 heteroatoms. The van der Waals surface area contributed by atoms with E-state index in [9.17, 15) is 14.0 Å². The van der Waals surface area contributed by atoms with Crippen molar-refractivity contribution in [2.24, 2.45) is 0 Å². The summed E-state index contributed by atoms with van der Waals surface area (Å²) < 4.78 is 13.4. The minimum absolute atomic E-state index is 0.273. The molecule has 96 valence electrons. The van der Waals surface area contributed by atoms with Gasteiger partial charge < -0.3 is 10.4 Å². The number of carboxylic acid groups (broad SMARTS) is 1. The number of hydrogen-bond acceptors (Lipinski definition) is 3. The molecule has 1 aromatic carbocycles. The average Bonchev–Trinajstić information content (AvgIpc) is 2.34. The maximum Gasteiger partial charge on any atom is 0.327 e. The van der Waals surface area contributed by atoms with Gasteiger partial charge in [0.1, 0.15) is 11.9 Å². The van der Waals surface area contributed by atoms with Crippen molar-refractivity contribution in [3.63, 3.8) is 0 Å². The van der Waals surface area contributed by atoms with Crippen LogP contribution in [0.15, 0.2) is 24.3 Å². The first kappa shape index (κ1) is 12.9. The van der Waals surface area contributed by atoms with Crippen molar-refractivity contribution < 1.29 is 19.1 Å². The van der Waals surface area contributed by atoms with E-state index >= 15 is 0 Å². The van der Waals surface area contributed by atoms with Crippen molar-refractivity contribution in [2.45, 2.75) is 17.7 Å². The zero-order valence-electron chi connectivity index (χ0n) is 9.43. The van der Waals surface area contributed by atoms with Gasteiger partial charge in [-0.1, -0.05) is 18.2 Å². The molecule has 2 N–H and O–H groups in total. The van der Waals surface area contributed by atoms with Crippen LogP contribution in [0.25, 0.3) is 0 Å². The summed E-state index contributed by atoms with van der Waals surface area (Å²) in [4.78, 5) is 22.4. The summed E-state index contributed by atoms with van der Waals surface area (Å²) in [5, 5.41) is 10.8. The van der Waals surface area contributed by atoms with Crippen molar-refractivity contribution >= 4 is 23.6 Å². The summed E-state index contributed by atoms with van der Waals surface area (Å²) in [6, 6.07) is 5.43. The summed E-state index contributed by atoms with van der Waals surface area (Å²) in [5.41, 5.74) is 0.471. The van der Waals surface area contributed by atoms with Crippen LogP contribution in [0, 0.1) is 5.82 Å². The van der Waals surface area contributed by atoms with Crippen LogP contribution in [-0.2, 0) is 16.0 Å². The quantitative estimate of drug-likeness (QED) is 0.861. The molecule has 1 aliphatic heterocycles. The standard InChI is InChI=1S/C12H12FNO3S/c13-8-4-2-1-3-7(8)5-10-11(15)14-9(6-18-10)12(16)17/h1-4,9-10H,5-6H2,(H,14,15)(H,16,17)/t9-,10-/m1/s1. The Balaban J connectivity index is 2.02. The topological polar surface area (TPSA) is 66.4 Å². The van der Waals surface area contributed by atoms with Gasteiger partial charge in [-0.05, 0) is 18.1 Å². The van der Waals surface area contributed by atoms with Gasteiger partial charge in [0.2, 0.25) is 5.91 Å². The van der Waals surface area contributed by atoms with Gasteiger partial charge in [0.25, 0.3) is 0 Å². The Hall–Kier alpha value is -1.56. The van der Waals surface area contributed by atoms with Gasteiger partial charge in [-0.25, -0.2) is 9.18 Å². The van der Waals surface area contributed by atoms with Gasteiger partial charge in [0.05, 0.1) is 5.25 Å². The number of aliphatic carboxylic acids is 1. The molecule has 0 unspecified atom stereocenters. The molecule has 2 rings (SSSR count). The summed E-state index contributed by atoms with van der Waals surface area (Å²) in [5.74, 6) is -1.42. The third-order valence-electron chi connectivity index (χ3n) is 2.73. The number of hydrogen-bond donors (Lipinski definition) is 2. The molecule has 1 amide bonds. The predicted molar refractivity (Wildman–Crippen MR) is 65.9 cm³/mol. The van der Waals surface area contributed by atoms with E-state index in [2.05, 4.69) is 5.32 Å². The summed E-state index contributed by atoms with van der Waals surface area (Å²) in [7, 11) is 0. The normalized spacial score (nSPS) is 23.5. The molecule has 2 atom stereocenters. The molecule has 1 fully saturated rings. The summed E-state index contributed by atoms with van der Waals surface area (Å²) in [6.45, 7) is 0. The van der Waals surface area contributed by atoms with E-state index in [1.807, 2.05) is 0 Å². The zero-order chi connectivity index (χ0) is 13.1. The van der Waals surface area contributed by atoms with E-state index in [0.29, 0.717) is 11.3 Å². The lowest BCUT2D eigenvalue weighted by atomic mass is 10.1. The highest BCUT2D eigenvalue weighted by Gasteiger charge is 2.32. The Labute approximate surface area is 108 Å². The van der Waals surface area contributed by atoms with Crippen LogP contribution < -0.4 is 5.32 Å². The molecule has 1 aliphatic rings. The number of rotatable bonds is 3. The Morgan fingerprint density at radius 3 is 2.83 bits per heavy atom. The molecule has 18 heavy (non-hydrogen) atoms. The Morgan fingerprint density at radius 1 is 1.50 bits per heavy atom. The molecule has 1 aromatic rings. The number of carbonyl (C=O) groups excluding carboxylic acids is 1. The second-order valence-electron chi connectivity index (χ2n) is 4.02. The van der Waals surface area contributed by atoms with Crippen LogP contribution in [0.1, 0.15) is 5.56 Å². The SMILES string of the molecule is O=C(O)[C@H]1CS[C@H](Cc2ccccc2F)C(=O)N1. The Morgan fingerprint density at radius 2 is 2.22 bits per heavy atom. The number of amides is 1. The van der Waals surface area contributed by atoms with Crippen LogP contribution in [0.5, 0.6) is 0 Å². The van der Waals surface area contributed by atoms with E-state index in [1.54, 1.807) is 18.2 Å². The van der Waals surface area contributed by atoms with Crippen LogP contribution in [0.3, 0.4) is 0 Å². The van der Waals surface area contributed by atoms with E-state index in [0.717, 1.165) is 0 Å². The van der Waals surface area contributed by atoms with Crippen molar-refractivity contribution in [3.05, 3.63) is 35.6 Å². The number of carbonyl (C=O) groups is 2. The van der Waals surface area contributed by atoms with Crippen LogP contribution in [0.2, 0.25) is 0 Å². The third-order valence-corrected chi connectivity index (χ3v) is 4.04. The smallest absolute Gasteiger partial charge is 0.327 e. The number of thioether (sulfide) groups is 1. The van der Waals surface area contributed by atoms with Crippen molar-refractivity contribution in [1.82, 2.24) is 5.32 Å². The monoisotopic (exact) mass is 269 g/mol. The third kappa shape index (κ3) is 2.81. The molecule has 0 radical (unpaired) electrons. The molecule has 0 saturated carbocycles. The van der Waals surface area contributed by atoms with Gasteiger partial charge in [-0.2, -0.15) is 0 Å². The molecule has 0 aliphatic carbocycles. The largest absolute Gasteiger partial charge is 0.480 e. The Bertz CT molecular complexity index is 480. The highest BCUT2D eigenvalue weighted by molar-refractivity contribution is 8.00. The Kier molecular flexibility index (Phi) is 3.86. The number of carboxylic acids is 1. The van der Waals surface area contributed by atoms with Crippen molar-refractivity contribution in [2.75, 3.05) is 5.75 Å². The highest BCUT2D eigenvalue weighted by Crippen LogP contribution is 2.23. The lowest BCUT2D eigenvalue weighted by molar-refractivity contribution is -0.141. The van der Waals surface area contributed by atoms with Gasteiger partial charge in [-0.15, -0.1) is 11.8 Å². The second kappa shape index (κ2) is 5.39. The van der Waals surface area contributed by atoms with Gasteiger partial charge in [0.15, 0.2) is 0 Å². The fraction of sp³-hybridized carbons (Fsp3) is 0.333. The van der Waals surface area contributed by atoms with E-state index in [4.69, 9.17) is 5.11 Å². The van der Waals surface area contributed by atoms with Gasteiger partial charge >= 0.3 is 5.97 Å². The van der Waals surface area contributed by atoms with Crippen molar-refractivity contribution in [1.29, 1.82) is 0 Å². The summed E-state index contributed by atoms with van der Waals surface area (Å²) in [6.07, 6.45) is 0.273. The average molecular weight is 269 g/mol. The lowest BCUT2D eigenvalue weighted by Gasteiger charge is -2.26. The predicted octanol–water partition coefficient (Wildman–Crippen LogP) is 1.05. The van der Waals surface area contributed by atoms with Crippen molar-refractivity contribution in [3.8, 4) is 0 Å². The molecule has 0 aromatic heterocycles. The molecule has 4 nitrogen and oxygen atoms in total. The maximum atomic E-state index is 13.4. The molecular formula is C12H12FNO3S. The molecule has 0 spiro atoms. The highest BCUT2D eigenvalue weighted by atomic mass is 32.2. The van der Waals surface area contributed by atoms with E-state index in [-0.39, 0.29) is 18.1 Å². The summed E-state index contributed by atoms with van der Waals surface area (Å²) >= 11 is 1.25. The van der Waals surface area contributed by atoms with Crippen LogP contribution in [0.4, 0.5) is 4.39 Å². The minimum Gasteiger partial charge on any atom is -0.480 e. The fourth-order valence-electron chi connectivity index (χ4n) is 1.74. The zero-order valence-corrected chi connectivity index (χ0v) is 10.2. The fourth-order valence-corrected chi connectivity index (χ4v) is 2.91.